The average Bonchev–Trinajstić information content (AvgIpc) is 0.856. The number of benzene rings is 11. The Kier molecular flexibility index (Phi) is 14.5. The Bertz CT molecular complexity index is 5020. The molecule has 0 N–H and O–H groups in total. The molecule has 12 aromatic rings. The van der Waals surface area contributed by atoms with Crippen LogP contribution in [0.15, 0.2) is 218 Å². The molecule has 3 heterocycles. The summed E-state index contributed by atoms with van der Waals surface area (Å²) in [5.74, 6) is 0. The molecule has 0 fully saturated rings. The monoisotopic (exact) mass is 1310 g/mol. The van der Waals surface area contributed by atoms with Crippen molar-refractivity contribution in [3.8, 4) is 50.2 Å². The highest BCUT2D eigenvalue weighted by Crippen LogP contribution is 2.54. The van der Waals surface area contributed by atoms with Gasteiger partial charge in [-0.25, -0.2) is 0 Å². The van der Waals surface area contributed by atoms with Gasteiger partial charge >= 0.3 is 0 Å². The Balaban J connectivity index is 0.994. The van der Waals surface area contributed by atoms with Crippen molar-refractivity contribution in [2.75, 3.05) is 9.80 Å². The number of rotatable bonds is 7. The van der Waals surface area contributed by atoms with Crippen LogP contribution in [0.1, 0.15) is 196 Å². The number of anilines is 6. The minimum Gasteiger partial charge on any atom is -0.311 e. The smallest absolute Gasteiger partial charge is 0.252 e. The standard InChI is InChI=1S/C96H100BN3/c1-89(2,3)67-25-21-23-61(47-67)65-33-43-80-84(51-65)98(71-37-27-59(28-38-71)63-31-41-76-78(49-63)95(17,18)57-93(76,13)14)86-55-73(100-82-45-35-69(91(7,8)9)53-74(82)75-54-70(92(10,11)12)36-46-83(75)100)56-87-88(86)97(80)81-44-34-66(62-24-22-26-68(48-62)90(4,5)6)52-85(81)99(87)72-39-29-60(30-40-72)64-32-42-77-79(50-64)96(19,20)58-94(77,15)16/h21-56H,57-58H2,1-20H3. The Hall–Kier alpha value is -9.12. The van der Waals surface area contributed by atoms with Crippen molar-refractivity contribution in [1.82, 2.24) is 4.57 Å². The van der Waals surface area contributed by atoms with Gasteiger partial charge in [0.25, 0.3) is 6.71 Å². The first-order valence-corrected chi connectivity index (χ1v) is 36.9. The predicted octanol–water partition coefficient (Wildman–Crippen LogP) is 24.6. The Morgan fingerprint density at radius 2 is 0.610 bits per heavy atom. The predicted molar refractivity (Wildman–Crippen MR) is 433 cm³/mol. The van der Waals surface area contributed by atoms with Crippen LogP contribution in [-0.4, -0.2) is 11.3 Å². The quantitative estimate of drug-likeness (QED) is 0.147. The summed E-state index contributed by atoms with van der Waals surface area (Å²) in [6.45, 7) is 47.3. The van der Waals surface area contributed by atoms with Gasteiger partial charge in [0.1, 0.15) is 0 Å². The molecule has 11 aromatic carbocycles. The molecule has 16 rings (SSSR count). The third-order valence-electron chi connectivity index (χ3n) is 23.6. The number of aromatic nitrogens is 1. The topological polar surface area (TPSA) is 11.4 Å². The van der Waals surface area contributed by atoms with E-state index in [2.05, 4.69) is 371 Å². The molecule has 100 heavy (non-hydrogen) atoms. The molecule has 0 radical (unpaired) electrons. The van der Waals surface area contributed by atoms with Crippen molar-refractivity contribution in [1.29, 1.82) is 0 Å². The number of hydrogen-bond donors (Lipinski definition) is 0. The second kappa shape index (κ2) is 22.2. The van der Waals surface area contributed by atoms with Gasteiger partial charge in [0.05, 0.1) is 16.7 Å². The molecule has 0 saturated heterocycles. The first kappa shape index (κ1) is 65.5. The molecular formula is C96H100BN3. The summed E-state index contributed by atoms with van der Waals surface area (Å²) in [4.78, 5) is 5.28. The van der Waals surface area contributed by atoms with Crippen molar-refractivity contribution < 1.29 is 0 Å². The molecule has 2 aliphatic heterocycles. The molecule has 0 saturated carbocycles. The van der Waals surface area contributed by atoms with E-state index in [0.29, 0.717) is 0 Å². The minimum absolute atomic E-state index is 0.0227. The highest BCUT2D eigenvalue weighted by atomic mass is 15.2. The summed E-state index contributed by atoms with van der Waals surface area (Å²) < 4.78 is 2.60. The van der Waals surface area contributed by atoms with Gasteiger partial charge in [0.15, 0.2) is 0 Å². The minimum atomic E-state index is -0.125. The molecule has 4 heteroatoms. The van der Waals surface area contributed by atoms with E-state index in [-0.39, 0.29) is 50.0 Å². The molecular weight excluding hydrogens is 1210 g/mol. The number of hydrogen-bond acceptors (Lipinski definition) is 2. The van der Waals surface area contributed by atoms with Crippen LogP contribution in [-0.2, 0) is 43.3 Å². The van der Waals surface area contributed by atoms with E-state index in [4.69, 9.17) is 0 Å². The molecule has 0 atom stereocenters. The molecule has 2 aliphatic carbocycles. The van der Waals surface area contributed by atoms with Gasteiger partial charge in [-0.3, -0.25) is 0 Å². The lowest BCUT2D eigenvalue weighted by atomic mass is 9.33. The highest BCUT2D eigenvalue weighted by Gasteiger charge is 2.46. The largest absolute Gasteiger partial charge is 0.311 e. The van der Waals surface area contributed by atoms with Crippen LogP contribution in [0.5, 0.6) is 0 Å². The van der Waals surface area contributed by atoms with Gasteiger partial charge in [-0.15, -0.1) is 0 Å². The Morgan fingerprint density at radius 1 is 0.280 bits per heavy atom. The van der Waals surface area contributed by atoms with Crippen molar-refractivity contribution in [2.24, 2.45) is 0 Å². The fraction of sp³-hybridized carbons (Fsp3) is 0.312. The van der Waals surface area contributed by atoms with Crippen molar-refractivity contribution in [2.45, 2.75) is 195 Å². The fourth-order valence-electron chi connectivity index (χ4n) is 18.5. The maximum absolute atomic E-state index is 2.64. The summed E-state index contributed by atoms with van der Waals surface area (Å²) >= 11 is 0. The van der Waals surface area contributed by atoms with Crippen molar-refractivity contribution >= 4 is 79.0 Å². The molecule has 1 aromatic heterocycles. The average molecular weight is 1310 g/mol. The zero-order valence-corrected chi connectivity index (χ0v) is 63.1. The van der Waals surface area contributed by atoms with Gasteiger partial charge < -0.3 is 14.4 Å². The molecule has 0 amide bonds. The van der Waals surface area contributed by atoms with Crippen LogP contribution in [0.4, 0.5) is 34.1 Å². The van der Waals surface area contributed by atoms with E-state index in [9.17, 15) is 0 Å². The molecule has 0 bridgehead atoms. The van der Waals surface area contributed by atoms with Crippen molar-refractivity contribution in [3.05, 3.63) is 263 Å². The van der Waals surface area contributed by atoms with Crippen LogP contribution < -0.4 is 26.2 Å². The maximum Gasteiger partial charge on any atom is 0.252 e. The van der Waals surface area contributed by atoms with Crippen LogP contribution >= 0.6 is 0 Å². The highest BCUT2D eigenvalue weighted by molar-refractivity contribution is 7.00. The Labute approximate surface area is 597 Å². The lowest BCUT2D eigenvalue weighted by molar-refractivity contribution is 0.402. The van der Waals surface area contributed by atoms with E-state index >= 15 is 0 Å². The third kappa shape index (κ3) is 10.7. The van der Waals surface area contributed by atoms with E-state index < -0.39 is 0 Å². The number of nitrogens with zero attached hydrogens (tertiary/aromatic N) is 3. The van der Waals surface area contributed by atoms with Crippen LogP contribution in [0, 0.1) is 0 Å². The first-order chi connectivity index (χ1) is 47.0. The molecule has 4 aliphatic rings. The summed E-state index contributed by atoms with van der Waals surface area (Å²) in [7, 11) is 0. The first-order valence-electron chi connectivity index (χ1n) is 36.9. The molecule has 0 spiro atoms. The van der Waals surface area contributed by atoms with Gasteiger partial charge in [-0.2, -0.15) is 0 Å². The normalized spacial score (nSPS) is 16.4. The number of fused-ring (bicyclic) bond motifs is 9. The van der Waals surface area contributed by atoms with Gasteiger partial charge in [0, 0.05) is 44.9 Å². The van der Waals surface area contributed by atoms with E-state index in [1.807, 2.05) is 0 Å². The summed E-state index contributed by atoms with van der Waals surface area (Å²) in [6, 6.07) is 86.8. The fourth-order valence-corrected chi connectivity index (χ4v) is 18.5. The van der Waals surface area contributed by atoms with E-state index in [0.717, 1.165) is 29.9 Å². The Morgan fingerprint density at radius 3 is 0.990 bits per heavy atom. The lowest BCUT2D eigenvalue weighted by Gasteiger charge is -2.44. The second-order valence-corrected chi connectivity index (χ2v) is 37.0. The van der Waals surface area contributed by atoms with Gasteiger partial charge in [0.2, 0.25) is 0 Å². The molecule has 3 nitrogen and oxygen atoms in total. The summed E-state index contributed by atoms with van der Waals surface area (Å²) in [5, 5.41) is 2.55. The summed E-state index contributed by atoms with van der Waals surface area (Å²) in [6.07, 6.45) is 2.27. The zero-order chi connectivity index (χ0) is 70.5. The molecule has 0 unspecified atom stereocenters. The zero-order valence-electron chi connectivity index (χ0n) is 63.1. The van der Waals surface area contributed by atoms with Crippen LogP contribution in [0.3, 0.4) is 0 Å². The lowest BCUT2D eigenvalue weighted by Crippen LogP contribution is -2.61. The van der Waals surface area contributed by atoms with E-state index in [1.54, 1.807) is 0 Å². The molecule has 502 valence electrons. The SMILES string of the molecule is CC(C)(C)c1cccc(-c2ccc3c(c2)N(c2ccc(-c4ccc5c(c4)C(C)(C)CC5(C)C)cc2)c2cc(-n4c5ccc(C(C)(C)C)cc5c5cc(C(C)(C)C)ccc54)cc4c2B3c2ccc(-c3cccc(C(C)(C)C)c3)cc2N4c2ccc(-c3ccc4c(c3)C(C)(C)CC4(C)C)cc2)c1. The van der Waals surface area contributed by atoms with Crippen LogP contribution in [0.25, 0.3) is 72.0 Å². The van der Waals surface area contributed by atoms with Crippen molar-refractivity contribution in [3.63, 3.8) is 0 Å². The summed E-state index contributed by atoms with van der Waals surface area (Å²) in [5.41, 5.74) is 35.6. The third-order valence-corrected chi connectivity index (χ3v) is 23.6. The van der Waals surface area contributed by atoms with Gasteiger partial charge in [-0.1, -0.05) is 284 Å². The second-order valence-electron chi connectivity index (χ2n) is 37.0. The van der Waals surface area contributed by atoms with E-state index in [1.165, 1.54) is 150 Å². The van der Waals surface area contributed by atoms with Crippen LogP contribution in [0.2, 0.25) is 0 Å². The van der Waals surface area contributed by atoms with Gasteiger partial charge in [-0.05, 0) is 234 Å². The maximum atomic E-state index is 2.64.